The van der Waals surface area contributed by atoms with Crippen LogP contribution in [0.15, 0.2) is 24.3 Å². The lowest BCUT2D eigenvalue weighted by Gasteiger charge is -2.11. The molecule has 0 radical (unpaired) electrons. The fourth-order valence-electron chi connectivity index (χ4n) is 1.90. The summed E-state index contributed by atoms with van der Waals surface area (Å²) in [5.74, 6) is -0.491. The zero-order valence-corrected chi connectivity index (χ0v) is 10.5. The molecule has 19 heavy (non-hydrogen) atoms. The van der Waals surface area contributed by atoms with Gasteiger partial charge in [0.15, 0.2) is 0 Å². The summed E-state index contributed by atoms with van der Waals surface area (Å²) in [6.45, 7) is 1.27. The Bertz CT molecular complexity index is 453. The Morgan fingerprint density at radius 1 is 1.32 bits per heavy atom. The number of hydrogen-bond acceptors (Lipinski definition) is 3. The summed E-state index contributed by atoms with van der Waals surface area (Å²) >= 11 is 0. The molecule has 1 unspecified atom stereocenters. The number of hydrogen-bond donors (Lipinski definition) is 3. The first kappa shape index (κ1) is 13.4. The van der Waals surface area contributed by atoms with Gasteiger partial charge in [-0.2, -0.15) is 0 Å². The molecule has 102 valence electrons. The summed E-state index contributed by atoms with van der Waals surface area (Å²) < 4.78 is 5.40. The molecule has 1 aliphatic heterocycles. The zero-order valence-electron chi connectivity index (χ0n) is 10.5. The van der Waals surface area contributed by atoms with E-state index in [1.54, 1.807) is 24.3 Å². The average Bonchev–Trinajstić information content (AvgIpc) is 2.90. The maximum absolute atomic E-state index is 11.6. The monoisotopic (exact) mass is 263 g/mol. The van der Waals surface area contributed by atoms with E-state index in [1.807, 2.05) is 0 Å². The number of urea groups is 1. The maximum atomic E-state index is 11.6. The standard InChI is InChI=1S/C13H17N3O3/c14-12(17)9-3-5-10(6-4-9)16-13(18)15-8-11-2-1-7-19-11/h3-6,11H,1-2,7-8H2,(H2,14,17)(H2,15,16,18). The molecule has 4 N–H and O–H groups in total. The highest BCUT2D eigenvalue weighted by Gasteiger charge is 2.16. The summed E-state index contributed by atoms with van der Waals surface area (Å²) in [4.78, 5) is 22.5. The molecule has 1 fully saturated rings. The van der Waals surface area contributed by atoms with E-state index >= 15 is 0 Å². The third-order valence-electron chi connectivity index (χ3n) is 2.94. The van der Waals surface area contributed by atoms with Crippen LogP contribution in [-0.2, 0) is 4.74 Å². The second-order valence-corrected chi connectivity index (χ2v) is 4.41. The maximum Gasteiger partial charge on any atom is 0.319 e. The van der Waals surface area contributed by atoms with E-state index in [0.717, 1.165) is 19.4 Å². The van der Waals surface area contributed by atoms with Gasteiger partial charge in [0.2, 0.25) is 5.91 Å². The molecule has 0 bridgehead atoms. The predicted molar refractivity (Wildman–Crippen MR) is 71.0 cm³/mol. The molecule has 3 amide bonds. The van der Waals surface area contributed by atoms with E-state index in [9.17, 15) is 9.59 Å². The van der Waals surface area contributed by atoms with Gasteiger partial charge >= 0.3 is 6.03 Å². The van der Waals surface area contributed by atoms with Crippen LogP contribution in [0.2, 0.25) is 0 Å². The number of carbonyl (C=O) groups is 2. The van der Waals surface area contributed by atoms with E-state index in [-0.39, 0.29) is 12.1 Å². The van der Waals surface area contributed by atoms with Gasteiger partial charge in [-0.25, -0.2) is 4.79 Å². The highest BCUT2D eigenvalue weighted by atomic mass is 16.5. The first-order valence-corrected chi connectivity index (χ1v) is 6.21. The number of nitrogens with one attached hydrogen (secondary N) is 2. The molecule has 1 aliphatic rings. The van der Waals surface area contributed by atoms with Crippen molar-refractivity contribution >= 4 is 17.6 Å². The number of benzene rings is 1. The van der Waals surface area contributed by atoms with Gasteiger partial charge in [-0.1, -0.05) is 0 Å². The third-order valence-corrected chi connectivity index (χ3v) is 2.94. The first-order chi connectivity index (χ1) is 9.15. The number of primary amides is 1. The molecule has 1 aromatic rings. The Hall–Kier alpha value is -2.08. The first-order valence-electron chi connectivity index (χ1n) is 6.21. The van der Waals surface area contributed by atoms with Gasteiger partial charge in [0.25, 0.3) is 0 Å². The lowest BCUT2D eigenvalue weighted by atomic mass is 10.2. The minimum absolute atomic E-state index is 0.114. The lowest BCUT2D eigenvalue weighted by Crippen LogP contribution is -2.35. The molecule has 1 aromatic carbocycles. The van der Waals surface area contributed by atoms with Gasteiger partial charge in [0.05, 0.1) is 6.10 Å². The van der Waals surface area contributed by atoms with Crippen LogP contribution in [0.25, 0.3) is 0 Å². The van der Waals surface area contributed by atoms with Crippen molar-refractivity contribution in [2.75, 3.05) is 18.5 Å². The molecule has 2 rings (SSSR count). The molecule has 6 heteroatoms. The van der Waals surface area contributed by atoms with E-state index in [2.05, 4.69) is 10.6 Å². The number of nitrogens with two attached hydrogens (primary N) is 1. The summed E-state index contributed by atoms with van der Waals surface area (Å²) in [7, 11) is 0. The van der Waals surface area contributed by atoms with Crippen LogP contribution in [0, 0.1) is 0 Å². The Kier molecular flexibility index (Phi) is 4.35. The Morgan fingerprint density at radius 2 is 2.05 bits per heavy atom. The van der Waals surface area contributed by atoms with Crippen LogP contribution in [0.5, 0.6) is 0 Å². The van der Waals surface area contributed by atoms with Crippen LogP contribution in [0.1, 0.15) is 23.2 Å². The minimum Gasteiger partial charge on any atom is -0.376 e. The van der Waals surface area contributed by atoms with Crippen LogP contribution >= 0.6 is 0 Å². The van der Waals surface area contributed by atoms with Crippen LogP contribution in [-0.4, -0.2) is 31.2 Å². The van der Waals surface area contributed by atoms with Gasteiger partial charge in [0.1, 0.15) is 0 Å². The second kappa shape index (κ2) is 6.19. The van der Waals surface area contributed by atoms with Crippen molar-refractivity contribution in [3.63, 3.8) is 0 Å². The second-order valence-electron chi connectivity index (χ2n) is 4.41. The number of amides is 3. The fraction of sp³-hybridized carbons (Fsp3) is 0.385. The van der Waals surface area contributed by atoms with Crippen LogP contribution in [0.4, 0.5) is 10.5 Å². The summed E-state index contributed by atoms with van der Waals surface area (Å²) in [6.07, 6.45) is 2.14. The smallest absolute Gasteiger partial charge is 0.319 e. The molecule has 1 heterocycles. The number of anilines is 1. The van der Waals surface area contributed by atoms with Gasteiger partial charge in [0, 0.05) is 24.4 Å². The number of ether oxygens (including phenoxy) is 1. The summed E-state index contributed by atoms with van der Waals surface area (Å²) in [5, 5.41) is 5.42. The molecular formula is C13H17N3O3. The van der Waals surface area contributed by atoms with Crippen molar-refractivity contribution < 1.29 is 14.3 Å². The molecule has 6 nitrogen and oxygen atoms in total. The molecule has 0 aromatic heterocycles. The molecule has 0 aliphatic carbocycles. The van der Waals surface area contributed by atoms with Crippen molar-refractivity contribution in [2.24, 2.45) is 5.73 Å². The SMILES string of the molecule is NC(=O)c1ccc(NC(=O)NCC2CCCO2)cc1. The van der Waals surface area contributed by atoms with E-state index < -0.39 is 5.91 Å². The molecule has 0 spiro atoms. The third kappa shape index (κ3) is 3.96. The molecule has 1 saturated heterocycles. The Balaban J connectivity index is 1.79. The van der Waals surface area contributed by atoms with Crippen molar-refractivity contribution in [2.45, 2.75) is 18.9 Å². The highest BCUT2D eigenvalue weighted by Crippen LogP contribution is 2.11. The Morgan fingerprint density at radius 3 is 2.63 bits per heavy atom. The van der Waals surface area contributed by atoms with E-state index in [1.165, 1.54) is 0 Å². The van der Waals surface area contributed by atoms with Gasteiger partial charge in [-0.05, 0) is 37.1 Å². The summed E-state index contributed by atoms with van der Waals surface area (Å²) in [5.41, 5.74) is 6.14. The topological polar surface area (TPSA) is 93.5 Å². The molecule has 0 saturated carbocycles. The Labute approximate surface area is 111 Å². The largest absolute Gasteiger partial charge is 0.376 e. The predicted octanol–water partition coefficient (Wildman–Crippen LogP) is 1.09. The fourth-order valence-corrected chi connectivity index (χ4v) is 1.90. The van der Waals surface area contributed by atoms with E-state index in [0.29, 0.717) is 17.8 Å². The van der Waals surface area contributed by atoms with Crippen molar-refractivity contribution in [1.82, 2.24) is 5.32 Å². The normalized spacial score (nSPS) is 18.0. The lowest BCUT2D eigenvalue weighted by molar-refractivity contribution is 0.1000. The van der Waals surface area contributed by atoms with Crippen molar-refractivity contribution in [3.8, 4) is 0 Å². The molecule has 1 atom stereocenters. The van der Waals surface area contributed by atoms with Crippen molar-refractivity contribution in [1.29, 1.82) is 0 Å². The van der Waals surface area contributed by atoms with Crippen LogP contribution < -0.4 is 16.4 Å². The number of rotatable bonds is 4. The number of carbonyl (C=O) groups excluding carboxylic acids is 2. The van der Waals surface area contributed by atoms with E-state index in [4.69, 9.17) is 10.5 Å². The van der Waals surface area contributed by atoms with Gasteiger partial charge in [-0.3, -0.25) is 4.79 Å². The highest BCUT2D eigenvalue weighted by molar-refractivity contribution is 5.94. The van der Waals surface area contributed by atoms with Gasteiger partial charge < -0.3 is 21.1 Å². The molecular weight excluding hydrogens is 246 g/mol. The van der Waals surface area contributed by atoms with Gasteiger partial charge in [-0.15, -0.1) is 0 Å². The minimum atomic E-state index is -0.491. The van der Waals surface area contributed by atoms with Crippen LogP contribution in [0.3, 0.4) is 0 Å². The average molecular weight is 263 g/mol. The zero-order chi connectivity index (χ0) is 13.7. The van der Waals surface area contributed by atoms with Crippen molar-refractivity contribution in [3.05, 3.63) is 29.8 Å². The quantitative estimate of drug-likeness (QED) is 0.759. The summed E-state index contributed by atoms with van der Waals surface area (Å²) in [6, 6.07) is 6.11.